The highest BCUT2D eigenvalue weighted by Crippen LogP contribution is 2.17. The van der Waals surface area contributed by atoms with E-state index in [9.17, 15) is 4.79 Å². The molecule has 3 N–H and O–H groups in total. The monoisotopic (exact) mass is 264 g/mol. The van der Waals surface area contributed by atoms with Gasteiger partial charge < -0.3 is 10.6 Å². The minimum atomic E-state index is -0.325. The molecule has 0 aliphatic heterocycles. The minimum Gasteiger partial charge on any atom is -0.351 e. The van der Waals surface area contributed by atoms with E-state index in [1.54, 1.807) is 6.07 Å². The van der Waals surface area contributed by atoms with Crippen LogP contribution in [0.2, 0.25) is 0 Å². The first-order valence-corrected chi connectivity index (χ1v) is 6.62. The number of nitrogens with zero attached hydrogens (tertiary/aromatic N) is 4. The first kappa shape index (κ1) is 13.5. The highest BCUT2D eigenvalue weighted by molar-refractivity contribution is 5.45. The Balaban J connectivity index is 2.42. The summed E-state index contributed by atoms with van der Waals surface area (Å²) in [5, 5.41) is 10.6. The maximum atomic E-state index is 11.6. The second-order valence-electron chi connectivity index (χ2n) is 4.44. The van der Waals surface area contributed by atoms with E-state index < -0.39 is 0 Å². The van der Waals surface area contributed by atoms with Gasteiger partial charge in [0.05, 0.1) is 0 Å². The molecule has 104 valence electrons. The third-order valence-corrected chi connectivity index (χ3v) is 3.31. The van der Waals surface area contributed by atoms with E-state index in [1.165, 1.54) is 4.52 Å². The van der Waals surface area contributed by atoms with E-state index in [-0.39, 0.29) is 5.69 Å². The third kappa shape index (κ3) is 2.60. The molecule has 0 radical (unpaired) electrons. The fourth-order valence-corrected chi connectivity index (χ4v) is 2.30. The molecular weight excluding hydrogens is 244 g/mol. The van der Waals surface area contributed by atoms with Crippen LogP contribution in [0, 0.1) is 0 Å². The number of aromatic amines is 1. The molecule has 0 aromatic carbocycles. The molecule has 0 saturated heterocycles. The van der Waals surface area contributed by atoms with Crippen LogP contribution in [0.25, 0.3) is 5.65 Å². The van der Waals surface area contributed by atoms with Crippen LogP contribution in [-0.4, -0.2) is 38.9 Å². The number of nitrogens with one attached hydrogen (secondary N) is 1. The molecule has 2 rings (SSSR count). The largest absolute Gasteiger partial charge is 0.364 e. The first-order chi connectivity index (χ1) is 9.21. The summed E-state index contributed by atoms with van der Waals surface area (Å²) in [7, 11) is 0. The second-order valence-corrected chi connectivity index (χ2v) is 4.44. The molecule has 0 fully saturated rings. The van der Waals surface area contributed by atoms with Gasteiger partial charge in [-0.2, -0.15) is 9.61 Å². The Morgan fingerprint density at radius 1 is 1.42 bits per heavy atom. The molecular formula is C12H20N6O. The van der Waals surface area contributed by atoms with E-state index >= 15 is 0 Å². The van der Waals surface area contributed by atoms with Gasteiger partial charge in [-0.15, -0.1) is 5.10 Å². The fraction of sp³-hybridized carbons (Fsp3) is 0.583. The third-order valence-electron chi connectivity index (χ3n) is 3.31. The van der Waals surface area contributed by atoms with Crippen LogP contribution in [0.3, 0.4) is 0 Å². The summed E-state index contributed by atoms with van der Waals surface area (Å²) in [5.41, 5.74) is 5.87. The molecule has 7 nitrogen and oxygen atoms in total. The second kappa shape index (κ2) is 5.83. The SMILES string of the molecule is CCC(CC)N(CCN)c1ccc2n[nH]c(=O)n2n1. The summed E-state index contributed by atoms with van der Waals surface area (Å²) < 4.78 is 1.28. The van der Waals surface area contributed by atoms with Gasteiger partial charge in [-0.3, -0.25) is 0 Å². The lowest BCUT2D eigenvalue weighted by Crippen LogP contribution is -2.39. The normalized spacial score (nSPS) is 11.4. The highest BCUT2D eigenvalue weighted by Gasteiger charge is 2.17. The Bertz CT molecular complexity index is 585. The molecule has 0 bridgehead atoms. The van der Waals surface area contributed by atoms with Crippen LogP contribution < -0.4 is 16.3 Å². The summed E-state index contributed by atoms with van der Waals surface area (Å²) in [6.07, 6.45) is 2.02. The lowest BCUT2D eigenvalue weighted by molar-refractivity contribution is 0.550. The maximum absolute atomic E-state index is 11.6. The van der Waals surface area contributed by atoms with Crippen molar-refractivity contribution in [3.8, 4) is 0 Å². The van der Waals surface area contributed by atoms with Crippen LogP contribution in [0.4, 0.5) is 5.82 Å². The molecule has 2 heterocycles. The van der Waals surface area contributed by atoms with Crippen LogP contribution in [0.15, 0.2) is 16.9 Å². The van der Waals surface area contributed by atoms with Crippen LogP contribution in [-0.2, 0) is 0 Å². The number of hydrogen-bond donors (Lipinski definition) is 2. The molecule has 2 aromatic heterocycles. The van der Waals surface area contributed by atoms with Crippen LogP contribution in [0.5, 0.6) is 0 Å². The van der Waals surface area contributed by atoms with Gasteiger partial charge >= 0.3 is 5.69 Å². The van der Waals surface area contributed by atoms with Gasteiger partial charge in [-0.1, -0.05) is 13.8 Å². The zero-order chi connectivity index (χ0) is 13.8. The average molecular weight is 264 g/mol. The number of anilines is 1. The van der Waals surface area contributed by atoms with Crippen molar-refractivity contribution < 1.29 is 0 Å². The van der Waals surface area contributed by atoms with E-state index in [0.29, 0.717) is 18.2 Å². The number of H-pyrrole nitrogens is 1. The van der Waals surface area contributed by atoms with Crippen LogP contribution in [0.1, 0.15) is 26.7 Å². The summed E-state index contributed by atoms with van der Waals surface area (Å²) in [4.78, 5) is 13.7. The Morgan fingerprint density at radius 2 is 2.16 bits per heavy atom. The highest BCUT2D eigenvalue weighted by atomic mass is 16.2. The molecule has 0 saturated carbocycles. The summed E-state index contributed by atoms with van der Waals surface area (Å²) in [6, 6.07) is 4.03. The molecule has 0 spiro atoms. The topological polar surface area (TPSA) is 92.3 Å². The Kier molecular flexibility index (Phi) is 4.16. The average Bonchev–Trinajstić information content (AvgIpc) is 2.80. The smallest absolute Gasteiger partial charge is 0.351 e. The van der Waals surface area contributed by atoms with E-state index in [1.807, 2.05) is 6.07 Å². The predicted octanol–water partition coefficient (Wildman–Crippen LogP) is 0.371. The molecule has 0 atom stereocenters. The minimum absolute atomic E-state index is 0.325. The summed E-state index contributed by atoms with van der Waals surface area (Å²) in [5.74, 6) is 0.759. The van der Waals surface area contributed by atoms with Gasteiger partial charge in [0.15, 0.2) is 5.65 Å². The Labute approximate surface area is 111 Å². The van der Waals surface area contributed by atoms with Gasteiger partial charge in [-0.25, -0.2) is 9.89 Å². The number of hydrogen-bond acceptors (Lipinski definition) is 5. The van der Waals surface area contributed by atoms with Crippen molar-refractivity contribution in [2.75, 3.05) is 18.0 Å². The van der Waals surface area contributed by atoms with Crippen molar-refractivity contribution in [2.45, 2.75) is 32.7 Å². The molecule has 19 heavy (non-hydrogen) atoms. The number of nitrogens with two attached hydrogens (primary N) is 1. The molecule has 2 aromatic rings. The lowest BCUT2D eigenvalue weighted by atomic mass is 10.1. The van der Waals surface area contributed by atoms with Crippen molar-refractivity contribution in [1.82, 2.24) is 19.8 Å². The summed E-state index contributed by atoms with van der Waals surface area (Å²) in [6.45, 7) is 5.55. The van der Waals surface area contributed by atoms with E-state index in [4.69, 9.17) is 5.73 Å². The fourth-order valence-electron chi connectivity index (χ4n) is 2.30. The predicted molar refractivity (Wildman–Crippen MR) is 74.4 cm³/mol. The van der Waals surface area contributed by atoms with Gasteiger partial charge in [0.25, 0.3) is 0 Å². The van der Waals surface area contributed by atoms with Crippen molar-refractivity contribution >= 4 is 11.5 Å². The van der Waals surface area contributed by atoms with Gasteiger partial charge in [0.2, 0.25) is 0 Å². The number of rotatable bonds is 6. The van der Waals surface area contributed by atoms with Crippen molar-refractivity contribution in [3.63, 3.8) is 0 Å². The maximum Gasteiger partial charge on any atom is 0.364 e. The number of aromatic nitrogens is 4. The molecule has 0 aliphatic rings. The molecule has 7 heteroatoms. The van der Waals surface area contributed by atoms with Crippen LogP contribution >= 0.6 is 0 Å². The van der Waals surface area contributed by atoms with Gasteiger partial charge in [0.1, 0.15) is 5.82 Å². The Hall–Kier alpha value is -1.89. The standard InChI is InChI=1S/C12H20N6O/c1-3-9(4-2)17(8-7-13)11-6-5-10-14-15-12(19)18(10)16-11/h5-6,9H,3-4,7-8,13H2,1-2H3,(H,15,19). The number of fused-ring (bicyclic) bond motifs is 1. The van der Waals surface area contributed by atoms with Crippen molar-refractivity contribution in [1.29, 1.82) is 0 Å². The molecule has 0 aliphatic carbocycles. The van der Waals surface area contributed by atoms with Gasteiger partial charge in [-0.05, 0) is 25.0 Å². The van der Waals surface area contributed by atoms with Crippen molar-refractivity contribution in [3.05, 3.63) is 22.6 Å². The van der Waals surface area contributed by atoms with Gasteiger partial charge in [0, 0.05) is 19.1 Å². The summed E-state index contributed by atoms with van der Waals surface area (Å²) >= 11 is 0. The van der Waals surface area contributed by atoms with Crippen molar-refractivity contribution in [2.24, 2.45) is 5.73 Å². The zero-order valence-electron chi connectivity index (χ0n) is 11.3. The lowest BCUT2D eigenvalue weighted by Gasteiger charge is -2.30. The quantitative estimate of drug-likeness (QED) is 0.786. The first-order valence-electron chi connectivity index (χ1n) is 6.62. The molecule has 0 amide bonds. The van der Waals surface area contributed by atoms with E-state index in [2.05, 4.69) is 34.0 Å². The van der Waals surface area contributed by atoms with E-state index in [0.717, 1.165) is 25.2 Å². The molecule has 0 unspecified atom stereocenters. The zero-order valence-corrected chi connectivity index (χ0v) is 11.3. The Morgan fingerprint density at radius 3 is 2.79 bits per heavy atom.